The number of nitrogens with two attached hydrogens (primary N) is 2. The summed E-state index contributed by atoms with van der Waals surface area (Å²) in [6, 6.07) is -0.833. The summed E-state index contributed by atoms with van der Waals surface area (Å²) >= 11 is 0. The van der Waals surface area contributed by atoms with Crippen molar-refractivity contribution in [2.24, 2.45) is 11.5 Å². The number of carbonyl (C=O) groups is 2. The third-order valence-electron chi connectivity index (χ3n) is 1.42. The fraction of sp³-hybridized carbons (Fsp3) is 0.714. The molecule has 0 aromatic heterocycles. The van der Waals surface area contributed by atoms with E-state index in [1.54, 1.807) is 0 Å². The van der Waals surface area contributed by atoms with E-state index >= 15 is 0 Å². The lowest BCUT2D eigenvalue weighted by Gasteiger charge is -2.22. The zero-order chi connectivity index (χ0) is 13.3. The Labute approximate surface area is 134 Å². The van der Waals surface area contributed by atoms with Crippen molar-refractivity contribution >= 4 is 49.5 Å². The fourth-order valence-electron chi connectivity index (χ4n) is 0.618. The zero-order valence-electron chi connectivity index (χ0n) is 10.2. The molecule has 0 aromatic carbocycles. The van der Waals surface area contributed by atoms with Crippen LogP contribution in [0.25, 0.3) is 0 Å². The normalized spacial score (nSPS) is 13.8. The van der Waals surface area contributed by atoms with E-state index < -0.39 is 37.1 Å². The second-order valence-electron chi connectivity index (χ2n) is 2.76. The van der Waals surface area contributed by atoms with E-state index in [2.05, 4.69) is 11.5 Å². The van der Waals surface area contributed by atoms with Gasteiger partial charge in [-0.25, -0.2) is 4.79 Å². The highest BCUT2D eigenvalue weighted by atomic mass is 35.5. The Morgan fingerprint density at radius 1 is 1.00 bits per heavy atom. The van der Waals surface area contributed by atoms with Crippen LogP contribution in [0.5, 0.6) is 0 Å². The Balaban J connectivity index is -0.0000000547. The first-order valence-electron chi connectivity index (χ1n) is 4.11. The summed E-state index contributed by atoms with van der Waals surface area (Å²) < 4.78 is 0. The molecule has 0 aromatic rings. The first-order valence-corrected chi connectivity index (χ1v) is 4.11. The van der Waals surface area contributed by atoms with Crippen LogP contribution in [0.15, 0.2) is 0 Å². The van der Waals surface area contributed by atoms with Gasteiger partial charge in [-0.15, -0.1) is 37.2 Å². The van der Waals surface area contributed by atoms with Gasteiger partial charge in [-0.05, 0) is 0 Å². The molecule has 0 aliphatic rings. The maximum absolute atomic E-state index is 9.90. The molecule has 0 aliphatic carbocycles. The Morgan fingerprint density at radius 2 is 1.30 bits per heavy atom. The van der Waals surface area contributed by atoms with Gasteiger partial charge in [0.1, 0.15) is 24.4 Å². The highest BCUT2D eigenvalue weighted by Gasteiger charge is 2.29. The number of hydrogen-bond donors (Lipinski definition) is 8. The maximum Gasteiger partial charge on any atom is 0.309 e. The highest BCUT2D eigenvalue weighted by Crippen LogP contribution is 2.02. The number of halogens is 3. The van der Waals surface area contributed by atoms with E-state index in [4.69, 9.17) is 30.3 Å². The van der Waals surface area contributed by atoms with Crippen molar-refractivity contribution in [1.82, 2.24) is 6.15 Å². The molecular formula is C7H22Cl3N3O7. The molecule has 0 radical (unpaired) electrons. The van der Waals surface area contributed by atoms with Crippen molar-refractivity contribution in [2.75, 3.05) is 6.61 Å². The van der Waals surface area contributed by atoms with Gasteiger partial charge in [0.05, 0.1) is 6.61 Å². The molecule has 4 atom stereocenters. The molecular weight excluding hydrogens is 344 g/mol. The topological polar surface area (TPSA) is 222 Å². The summed E-state index contributed by atoms with van der Waals surface area (Å²) in [5.74, 6) is 0. The van der Waals surface area contributed by atoms with Gasteiger partial charge in [0.2, 0.25) is 0 Å². The van der Waals surface area contributed by atoms with E-state index in [0.29, 0.717) is 0 Å². The predicted molar refractivity (Wildman–Crippen MR) is 77.7 cm³/mol. The van der Waals surface area contributed by atoms with Gasteiger partial charge in [-0.2, -0.15) is 0 Å². The number of rotatable bonds is 5. The zero-order valence-corrected chi connectivity index (χ0v) is 12.7. The van der Waals surface area contributed by atoms with Crippen molar-refractivity contribution in [2.45, 2.75) is 24.4 Å². The number of urea groups is 1. The highest BCUT2D eigenvalue weighted by molar-refractivity contribution is 5.86. The molecule has 0 unspecified atom stereocenters. The minimum absolute atomic E-state index is 0. The molecule has 0 aliphatic heterocycles. The average molecular weight is 367 g/mol. The van der Waals surface area contributed by atoms with E-state index in [9.17, 15) is 4.79 Å². The predicted octanol–water partition coefficient (Wildman–Crippen LogP) is -2.93. The van der Waals surface area contributed by atoms with E-state index in [0.717, 1.165) is 0 Å². The maximum atomic E-state index is 9.90. The number of carbonyl (C=O) groups excluding carboxylic acids is 2. The Morgan fingerprint density at radius 3 is 1.50 bits per heavy atom. The summed E-state index contributed by atoms with van der Waals surface area (Å²) in [6.07, 6.45) is -6.84. The first-order chi connectivity index (χ1) is 7.27. The van der Waals surface area contributed by atoms with Gasteiger partial charge in [-0.3, -0.25) is 0 Å². The van der Waals surface area contributed by atoms with Crippen molar-refractivity contribution < 1.29 is 35.1 Å². The lowest BCUT2D eigenvalue weighted by atomic mass is 10.0. The number of primary amides is 2. The standard InChI is InChI=1S/C6H12O6.CH4N2O.3ClH.H3N/c7-1-3(9)5(11)6(12)4(10)2-8;2-1(3)4;;;;/h1,3-6,8-12H,2H2;(H4,2,3,4);3*1H;1H3/t3-,4+,5+,6+;;;;;/m0...../s1. The van der Waals surface area contributed by atoms with Gasteiger partial charge in [0.25, 0.3) is 0 Å². The third kappa shape index (κ3) is 19.9. The Hall–Kier alpha value is -0.430. The van der Waals surface area contributed by atoms with Crippen LogP contribution in [-0.2, 0) is 4.79 Å². The SMILES string of the molecule is Cl.Cl.Cl.N.NC(N)=O.O=C[C@H](O)[C@@H](O)[C@H](O)[C@H](O)CO. The Kier molecular flexibility index (Phi) is 38.3. The molecule has 2 amide bonds. The number of amides is 2. The van der Waals surface area contributed by atoms with E-state index in [1.807, 2.05) is 0 Å². The molecule has 20 heavy (non-hydrogen) atoms. The first kappa shape index (κ1) is 36.6. The average Bonchev–Trinajstić information content (AvgIpc) is 2.24. The van der Waals surface area contributed by atoms with Crippen LogP contribution in [-0.4, -0.2) is 68.9 Å². The summed E-state index contributed by atoms with van der Waals surface area (Å²) in [5.41, 5.74) is 8.50. The van der Waals surface area contributed by atoms with Gasteiger partial charge >= 0.3 is 6.03 Å². The van der Waals surface area contributed by atoms with E-state index in [-0.39, 0.29) is 49.7 Å². The second kappa shape index (κ2) is 20.9. The molecule has 0 saturated carbocycles. The molecule has 128 valence electrons. The lowest BCUT2D eigenvalue weighted by Crippen LogP contribution is -2.46. The summed E-state index contributed by atoms with van der Waals surface area (Å²) in [4.78, 5) is 18.9. The Bertz CT molecular complexity index is 224. The monoisotopic (exact) mass is 365 g/mol. The van der Waals surface area contributed by atoms with Crippen LogP contribution < -0.4 is 17.6 Å². The van der Waals surface area contributed by atoms with Crippen LogP contribution in [0.3, 0.4) is 0 Å². The summed E-state index contributed by atoms with van der Waals surface area (Å²) in [6.45, 7) is -0.760. The van der Waals surface area contributed by atoms with Crippen LogP contribution in [0, 0.1) is 0 Å². The minimum atomic E-state index is -1.79. The van der Waals surface area contributed by atoms with Crippen LogP contribution in [0.2, 0.25) is 0 Å². The molecule has 0 saturated heterocycles. The largest absolute Gasteiger partial charge is 0.394 e. The molecule has 12 N–H and O–H groups in total. The minimum Gasteiger partial charge on any atom is -0.394 e. The number of hydrogen-bond acceptors (Lipinski definition) is 8. The molecule has 0 bridgehead atoms. The number of aldehydes is 1. The van der Waals surface area contributed by atoms with Gasteiger partial charge < -0.3 is 47.9 Å². The quantitative estimate of drug-likeness (QED) is 0.234. The molecule has 0 spiro atoms. The van der Waals surface area contributed by atoms with E-state index in [1.165, 1.54) is 0 Å². The van der Waals surface area contributed by atoms with Crippen LogP contribution in [0.4, 0.5) is 4.79 Å². The molecule has 0 fully saturated rings. The van der Waals surface area contributed by atoms with Crippen molar-refractivity contribution in [3.8, 4) is 0 Å². The summed E-state index contributed by atoms with van der Waals surface area (Å²) in [5, 5.41) is 43.5. The molecule has 0 rings (SSSR count). The van der Waals surface area contributed by atoms with Crippen LogP contribution in [0.1, 0.15) is 0 Å². The van der Waals surface area contributed by atoms with Crippen molar-refractivity contribution in [3.05, 3.63) is 0 Å². The molecule has 10 nitrogen and oxygen atoms in total. The smallest absolute Gasteiger partial charge is 0.309 e. The fourth-order valence-corrected chi connectivity index (χ4v) is 0.618. The molecule has 13 heteroatoms. The second-order valence-corrected chi connectivity index (χ2v) is 2.76. The van der Waals surface area contributed by atoms with Crippen molar-refractivity contribution in [1.29, 1.82) is 0 Å². The molecule has 0 heterocycles. The third-order valence-corrected chi connectivity index (χ3v) is 1.42. The van der Waals surface area contributed by atoms with Crippen molar-refractivity contribution in [3.63, 3.8) is 0 Å². The number of aliphatic hydroxyl groups is 5. The van der Waals surface area contributed by atoms with Crippen LogP contribution >= 0.6 is 37.2 Å². The number of aliphatic hydroxyl groups excluding tert-OH is 5. The lowest BCUT2D eigenvalue weighted by molar-refractivity contribution is -0.136. The van der Waals surface area contributed by atoms with Gasteiger partial charge in [0.15, 0.2) is 6.29 Å². The summed E-state index contributed by atoms with van der Waals surface area (Å²) in [7, 11) is 0. The van der Waals surface area contributed by atoms with Gasteiger partial charge in [-0.1, -0.05) is 0 Å². The van der Waals surface area contributed by atoms with Gasteiger partial charge in [0, 0.05) is 0 Å².